The summed E-state index contributed by atoms with van der Waals surface area (Å²) in [5, 5.41) is 3.78. The monoisotopic (exact) mass is 348 g/mol. The molecule has 0 bridgehead atoms. The molecule has 0 spiro atoms. The number of rotatable bonds is 4. The SMILES string of the molecule is O=C(Nc1nc(CN2CCOCC2)nc2ccccc12)c1ccccc1. The second-order valence-corrected chi connectivity index (χ2v) is 6.21. The number of ether oxygens (including phenoxy) is 1. The lowest BCUT2D eigenvalue weighted by Crippen LogP contribution is -2.36. The van der Waals surface area contributed by atoms with Gasteiger partial charge in [0, 0.05) is 24.0 Å². The Hall–Kier alpha value is -2.83. The third kappa shape index (κ3) is 3.71. The van der Waals surface area contributed by atoms with Crippen molar-refractivity contribution in [3.8, 4) is 0 Å². The van der Waals surface area contributed by atoms with Crippen LogP contribution in [0.1, 0.15) is 16.2 Å². The van der Waals surface area contributed by atoms with Crippen LogP contribution in [0, 0.1) is 0 Å². The molecule has 1 aromatic heterocycles. The minimum absolute atomic E-state index is 0.174. The molecular formula is C20H20N4O2. The first-order chi connectivity index (χ1) is 12.8. The van der Waals surface area contributed by atoms with Crippen LogP contribution in [-0.2, 0) is 11.3 Å². The topological polar surface area (TPSA) is 67.4 Å². The Labute approximate surface area is 151 Å². The Morgan fingerprint density at radius 1 is 1.00 bits per heavy atom. The molecule has 3 aromatic rings. The fourth-order valence-electron chi connectivity index (χ4n) is 3.02. The molecule has 0 saturated carbocycles. The number of amides is 1. The molecule has 0 radical (unpaired) electrons. The molecule has 1 saturated heterocycles. The van der Waals surface area contributed by atoms with Gasteiger partial charge in [-0.15, -0.1) is 0 Å². The molecule has 1 fully saturated rings. The zero-order valence-corrected chi connectivity index (χ0v) is 14.4. The van der Waals surface area contributed by atoms with Gasteiger partial charge in [-0.1, -0.05) is 30.3 Å². The van der Waals surface area contributed by atoms with Gasteiger partial charge < -0.3 is 10.1 Å². The normalized spacial score (nSPS) is 15.1. The van der Waals surface area contributed by atoms with E-state index in [0.717, 1.165) is 37.2 Å². The highest BCUT2D eigenvalue weighted by Gasteiger charge is 2.15. The average molecular weight is 348 g/mol. The van der Waals surface area contributed by atoms with E-state index in [2.05, 4.69) is 20.2 Å². The number of carbonyl (C=O) groups excluding carboxylic acids is 1. The van der Waals surface area contributed by atoms with Gasteiger partial charge in [-0.05, 0) is 24.3 Å². The van der Waals surface area contributed by atoms with Crippen molar-refractivity contribution in [1.82, 2.24) is 14.9 Å². The fraction of sp³-hybridized carbons (Fsp3) is 0.250. The van der Waals surface area contributed by atoms with E-state index >= 15 is 0 Å². The van der Waals surface area contributed by atoms with Crippen molar-refractivity contribution < 1.29 is 9.53 Å². The van der Waals surface area contributed by atoms with Gasteiger partial charge in [0.15, 0.2) is 0 Å². The summed E-state index contributed by atoms with van der Waals surface area (Å²) in [5.41, 5.74) is 1.43. The second kappa shape index (κ2) is 7.59. The van der Waals surface area contributed by atoms with E-state index in [-0.39, 0.29) is 5.91 Å². The summed E-state index contributed by atoms with van der Waals surface area (Å²) < 4.78 is 5.39. The highest BCUT2D eigenvalue weighted by Crippen LogP contribution is 2.21. The van der Waals surface area contributed by atoms with E-state index in [4.69, 9.17) is 4.74 Å². The smallest absolute Gasteiger partial charge is 0.256 e. The summed E-state index contributed by atoms with van der Waals surface area (Å²) in [6, 6.07) is 16.9. The molecule has 1 N–H and O–H groups in total. The minimum atomic E-state index is -0.174. The van der Waals surface area contributed by atoms with Crippen LogP contribution in [0.25, 0.3) is 10.9 Å². The molecular weight excluding hydrogens is 328 g/mol. The number of hydrogen-bond acceptors (Lipinski definition) is 5. The molecule has 0 unspecified atom stereocenters. The van der Waals surface area contributed by atoms with Crippen molar-refractivity contribution in [3.63, 3.8) is 0 Å². The molecule has 6 nitrogen and oxygen atoms in total. The number of anilines is 1. The molecule has 0 atom stereocenters. The van der Waals surface area contributed by atoms with Crippen LogP contribution < -0.4 is 5.32 Å². The number of hydrogen-bond donors (Lipinski definition) is 1. The Morgan fingerprint density at radius 2 is 1.73 bits per heavy atom. The van der Waals surface area contributed by atoms with Gasteiger partial charge in [0.05, 0.1) is 25.3 Å². The molecule has 1 aliphatic rings. The summed E-state index contributed by atoms with van der Waals surface area (Å²) in [6.45, 7) is 3.82. The lowest BCUT2D eigenvalue weighted by molar-refractivity contribution is 0.0331. The van der Waals surface area contributed by atoms with Gasteiger partial charge in [0.25, 0.3) is 5.91 Å². The van der Waals surface area contributed by atoms with E-state index in [1.54, 1.807) is 12.1 Å². The second-order valence-electron chi connectivity index (χ2n) is 6.21. The first-order valence-electron chi connectivity index (χ1n) is 8.72. The average Bonchev–Trinajstić information content (AvgIpc) is 2.69. The predicted octanol–water partition coefficient (Wildman–Crippen LogP) is 2.71. The lowest BCUT2D eigenvalue weighted by Gasteiger charge is -2.26. The minimum Gasteiger partial charge on any atom is -0.379 e. The molecule has 2 aromatic carbocycles. The molecule has 0 aliphatic carbocycles. The van der Waals surface area contributed by atoms with E-state index < -0.39 is 0 Å². The van der Waals surface area contributed by atoms with Crippen molar-refractivity contribution in [3.05, 3.63) is 66.0 Å². The summed E-state index contributed by atoms with van der Waals surface area (Å²) in [4.78, 5) is 24.1. The van der Waals surface area contributed by atoms with E-state index in [1.807, 2.05) is 42.5 Å². The third-order valence-electron chi connectivity index (χ3n) is 4.39. The molecule has 26 heavy (non-hydrogen) atoms. The van der Waals surface area contributed by atoms with Crippen molar-refractivity contribution >= 4 is 22.6 Å². The maximum atomic E-state index is 12.6. The lowest BCUT2D eigenvalue weighted by atomic mass is 10.2. The number of benzene rings is 2. The van der Waals surface area contributed by atoms with Crippen LogP contribution >= 0.6 is 0 Å². The predicted molar refractivity (Wildman–Crippen MR) is 100 cm³/mol. The van der Waals surface area contributed by atoms with Crippen LogP contribution in [0.3, 0.4) is 0 Å². The van der Waals surface area contributed by atoms with Gasteiger partial charge in [-0.3, -0.25) is 9.69 Å². The van der Waals surface area contributed by atoms with E-state index in [9.17, 15) is 4.79 Å². The Kier molecular flexibility index (Phi) is 4.86. The number of morpholine rings is 1. The van der Waals surface area contributed by atoms with E-state index in [1.165, 1.54) is 0 Å². The summed E-state index contributed by atoms with van der Waals surface area (Å²) in [7, 11) is 0. The molecule has 1 aliphatic heterocycles. The number of fused-ring (bicyclic) bond motifs is 1. The quantitative estimate of drug-likeness (QED) is 0.785. The zero-order chi connectivity index (χ0) is 17.8. The number of carbonyl (C=O) groups is 1. The molecule has 132 valence electrons. The Morgan fingerprint density at radius 3 is 2.54 bits per heavy atom. The highest BCUT2D eigenvalue weighted by atomic mass is 16.5. The van der Waals surface area contributed by atoms with Crippen LogP contribution in [0.4, 0.5) is 5.82 Å². The number of nitrogens with zero attached hydrogens (tertiary/aromatic N) is 3. The standard InChI is InChI=1S/C20H20N4O2/c25-20(15-6-2-1-3-7-15)23-19-16-8-4-5-9-17(16)21-18(22-19)14-24-10-12-26-13-11-24/h1-9H,10-14H2,(H,21,22,23,25). The van der Waals surface area contributed by atoms with E-state index in [0.29, 0.717) is 23.8 Å². The Bertz CT molecular complexity index is 908. The first kappa shape index (κ1) is 16.6. The van der Waals surface area contributed by atoms with Gasteiger partial charge >= 0.3 is 0 Å². The van der Waals surface area contributed by atoms with Gasteiger partial charge in [-0.25, -0.2) is 9.97 Å². The number of nitrogens with one attached hydrogen (secondary N) is 1. The van der Waals surface area contributed by atoms with Crippen molar-refractivity contribution in [2.24, 2.45) is 0 Å². The largest absolute Gasteiger partial charge is 0.379 e. The van der Waals surface area contributed by atoms with Crippen molar-refractivity contribution in [1.29, 1.82) is 0 Å². The van der Waals surface area contributed by atoms with Crippen molar-refractivity contribution in [2.45, 2.75) is 6.54 Å². The van der Waals surface area contributed by atoms with Crippen LogP contribution in [-0.4, -0.2) is 47.1 Å². The summed E-state index contributed by atoms with van der Waals surface area (Å²) >= 11 is 0. The van der Waals surface area contributed by atoms with Crippen LogP contribution in [0.2, 0.25) is 0 Å². The molecule has 1 amide bonds. The molecule has 2 heterocycles. The third-order valence-corrected chi connectivity index (χ3v) is 4.39. The number of para-hydroxylation sites is 1. The summed E-state index contributed by atoms with van der Waals surface area (Å²) in [6.07, 6.45) is 0. The van der Waals surface area contributed by atoms with Gasteiger partial charge in [0.1, 0.15) is 11.6 Å². The molecule has 4 rings (SSSR count). The number of aromatic nitrogens is 2. The van der Waals surface area contributed by atoms with Crippen LogP contribution in [0.5, 0.6) is 0 Å². The maximum absolute atomic E-state index is 12.6. The maximum Gasteiger partial charge on any atom is 0.256 e. The van der Waals surface area contributed by atoms with Gasteiger partial charge in [0.2, 0.25) is 0 Å². The fourth-order valence-corrected chi connectivity index (χ4v) is 3.02. The zero-order valence-electron chi connectivity index (χ0n) is 14.4. The van der Waals surface area contributed by atoms with Gasteiger partial charge in [-0.2, -0.15) is 0 Å². The van der Waals surface area contributed by atoms with Crippen molar-refractivity contribution in [2.75, 3.05) is 31.6 Å². The Balaban J connectivity index is 1.64. The summed E-state index contributed by atoms with van der Waals surface area (Å²) in [5.74, 6) is 1.08. The first-order valence-corrected chi connectivity index (χ1v) is 8.72. The highest BCUT2D eigenvalue weighted by molar-refractivity contribution is 6.07. The molecule has 6 heteroatoms. The van der Waals surface area contributed by atoms with Crippen LogP contribution in [0.15, 0.2) is 54.6 Å².